The summed E-state index contributed by atoms with van der Waals surface area (Å²) in [5, 5.41) is 3.20. The van der Waals surface area contributed by atoms with E-state index in [9.17, 15) is 4.79 Å². The molecule has 0 spiro atoms. The van der Waals surface area contributed by atoms with Crippen LogP contribution in [0.3, 0.4) is 0 Å². The first kappa shape index (κ1) is 14.4. The molecule has 21 heavy (non-hydrogen) atoms. The predicted octanol–water partition coefficient (Wildman–Crippen LogP) is 3.99. The molecule has 0 bridgehead atoms. The third-order valence-corrected chi connectivity index (χ3v) is 4.80. The fourth-order valence-electron chi connectivity index (χ4n) is 3.57. The lowest BCUT2D eigenvalue weighted by atomic mass is 9.86. The molecule has 1 fully saturated rings. The number of hydrogen-bond acceptors (Lipinski definition) is 2. The van der Waals surface area contributed by atoms with Gasteiger partial charge >= 0.3 is 0 Å². The van der Waals surface area contributed by atoms with Crippen LogP contribution in [0.2, 0.25) is 0 Å². The highest BCUT2D eigenvalue weighted by Gasteiger charge is 2.23. The van der Waals surface area contributed by atoms with Gasteiger partial charge in [0.25, 0.3) is 0 Å². The molecule has 1 atom stereocenters. The number of fused-ring (bicyclic) bond motifs is 1. The van der Waals surface area contributed by atoms with Crippen molar-refractivity contribution in [1.82, 2.24) is 5.32 Å². The van der Waals surface area contributed by atoms with Crippen LogP contribution >= 0.6 is 0 Å². The number of nitrogens with one attached hydrogen (secondary N) is 1. The molecule has 3 heteroatoms. The van der Waals surface area contributed by atoms with Crippen LogP contribution in [-0.2, 0) is 4.79 Å². The molecule has 2 aliphatic rings. The van der Waals surface area contributed by atoms with Crippen LogP contribution in [0.5, 0.6) is 5.75 Å². The first-order valence-corrected chi connectivity index (χ1v) is 8.34. The molecule has 1 heterocycles. The first-order valence-electron chi connectivity index (χ1n) is 8.34. The van der Waals surface area contributed by atoms with Gasteiger partial charge in [-0.05, 0) is 18.4 Å². The number of benzene rings is 1. The van der Waals surface area contributed by atoms with E-state index >= 15 is 0 Å². The molecule has 1 N–H and O–H groups in total. The van der Waals surface area contributed by atoms with Gasteiger partial charge in [0.2, 0.25) is 5.91 Å². The fraction of sp³-hybridized carbons (Fsp3) is 0.611. The largest absolute Gasteiger partial charge is 0.493 e. The number of rotatable bonds is 4. The van der Waals surface area contributed by atoms with E-state index < -0.39 is 0 Å². The van der Waals surface area contributed by atoms with Gasteiger partial charge in [-0.2, -0.15) is 0 Å². The summed E-state index contributed by atoms with van der Waals surface area (Å²) < 4.78 is 5.64. The summed E-state index contributed by atoms with van der Waals surface area (Å²) in [6, 6.07) is 8.14. The second kappa shape index (κ2) is 6.97. The average Bonchev–Trinajstić information content (AvgIpc) is 2.54. The second-order valence-electron chi connectivity index (χ2n) is 6.34. The summed E-state index contributed by atoms with van der Waals surface area (Å²) >= 11 is 0. The number of amides is 1. The maximum Gasteiger partial charge on any atom is 0.220 e. The maximum absolute atomic E-state index is 12.2. The molecule has 3 rings (SSSR count). The van der Waals surface area contributed by atoms with Gasteiger partial charge in [-0.3, -0.25) is 4.79 Å². The molecule has 0 aromatic heterocycles. The number of ether oxygens (including phenoxy) is 1. The van der Waals surface area contributed by atoms with Crippen LogP contribution in [-0.4, -0.2) is 12.5 Å². The van der Waals surface area contributed by atoms with Crippen LogP contribution in [0.1, 0.15) is 63.0 Å². The Balaban J connectivity index is 1.51. The van der Waals surface area contributed by atoms with Crippen LogP contribution in [0.4, 0.5) is 0 Å². The maximum atomic E-state index is 12.2. The zero-order chi connectivity index (χ0) is 14.5. The standard InChI is InChI=1S/C18H25NO2/c20-18(11-10-14-6-2-1-3-7-14)19-16-12-13-21-17-9-5-4-8-15(16)17/h4-5,8-9,14,16H,1-3,6-7,10-13H2,(H,19,20)/t16-/m0/s1. The van der Waals surface area contributed by atoms with E-state index in [0.29, 0.717) is 13.0 Å². The van der Waals surface area contributed by atoms with Gasteiger partial charge < -0.3 is 10.1 Å². The summed E-state index contributed by atoms with van der Waals surface area (Å²) in [4.78, 5) is 12.2. The van der Waals surface area contributed by atoms with Gasteiger partial charge in [-0.1, -0.05) is 50.3 Å². The molecule has 3 nitrogen and oxygen atoms in total. The Bertz CT molecular complexity index is 480. The van der Waals surface area contributed by atoms with E-state index in [1.807, 2.05) is 18.2 Å². The van der Waals surface area contributed by atoms with Crippen molar-refractivity contribution < 1.29 is 9.53 Å². The lowest BCUT2D eigenvalue weighted by Crippen LogP contribution is -2.32. The van der Waals surface area contributed by atoms with Crippen molar-refractivity contribution in [3.05, 3.63) is 29.8 Å². The summed E-state index contributed by atoms with van der Waals surface area (Å²) in [6.07, 6.45) is 9.29. The van der Waals surface area contributed by atoms with Crippen molar-refractivity contribution in [2.45, 2.75) is 57.4 Å². The quantitative estimate of drug-likeness (QED) is 0.909. The highest BCUT2D eigenvalue weighted by molar-refractivity contribution is 5.76. The Hall–Kier alpha value is -1.51. The number of carbonyl (C=O) groups is 1. The van der Waals surface area contributed by atoms with Gasteiger partial charge in [-0.25, -0.2) is 0 Å². The Labute approximate surface area is 127 Å². The molecule has 1 aromatic carbocycles. The van der Waals surface area contributed by atoms with Gasteiger partial charge in [0.1, 0.15) is 5.75 Å². The van der Waals surface area contributed by atoms with Crippen LogP contribution in [0.15, 0.2) is 24.3 Å². The number of para-hydroxylation sites is 1. The van der Waals surface area contributed by atoms with Gasteiger partial charge in [0.15, 0.2) is 0 Å². The van der Waals surface area contributed by atoms with Gasteiger partial charge in [0, 0.05) is 18.4 Å². The highest BCUT2D eigenvalue weighted by Crippen LogP contribution is 2.32. The number of carbonyl (C=O) groups excluding carboxylic acids is 1. The lowest BCUT2D eigenvalue weighted by Gasteiger charge is -2.27. The van der Waals surface area contributed by atoms with E-state index in [4.69, 9.17) is 4.74 Å². The minimum absolute atomic E-state index is 0.119. The van der Waals surface area contributed by atoms with Crippen molar-refractivity contribution in [3.63, 3.8) is 0 Å². The molecule has 114 valence electrons. The molecule has 1 saturated carbocycles. The van der Waals surface area contributed by atoms with Crippen molar-refractivity contribution in [3.8, 4) is 5.75 Å². The average molecular weight is 287 g/mol. The van der Waals surface area contributed by atoms with E-state index in [2.05, 4.69) is 11.4 Å². The van der Waals surface area contributed by atoms with E-state index in [0.717, 1.165) is 30.1 Å². The van der Waals surface area contributed by atoms with Crippen molar-refractivity contribution in [1.29, 1.82) is 0 Å². The molecule has 1 amide bonds. The molecule has 0 unspecified atom stereocenters. The minimum atomic E-state index is 0.119. The third kappa shape index (κ3) is 3.78. The van der Waals surface area contributed by atoms with Crippen LogP contribution in [0.25, 0.3) is 0 Å². The molecular weight excluding hydrogens is 262 g/mol. The zero-order valence-electron chi connectivity index (χ0n) is 12.6. The molecule has 1 aliphatic carbocycles. The van der Waals surface area contributed by atoms with Crippen molar-refractivity contribution in [2.24, 2.45) is 5.92 Å². The SMILES string of the molecule is O=C(CCC1CCCCC1)N[C@H]1CCOc2ccccc21. The summed E-state index contributed by atoms with van der Waals surface area (Å²) in [5.74, 6) is 1.88. The van der Waals surface area contributed by atoms with Gasteiger partial charge in [-0.15, -0.1) is 0 Å². The highest BCUT2D eigenvalue weighted by atomic mass is 16.5. The van der Waals surface area contributed by atoms with Crippen molar-refractivity contribution in [2.75, 3.05) is 6.61 Å². The summed E-state index contributed by atoms with van der Waals surface area (Å²) in [5.41, 5.74) is 1.12. The summed E-state index contributed by atoms with van der Waals surface area (Å²) in [6.45, 7) is 0.685. The lowest BCUT2D eigenvalue weighted by molar-refractivity contribution is -0.122. The Kier molecular flexibility index (Phi) is 4.79. The molecule has 0 radical (unpaired) electrons. The molecule has 1 aromatic rings. The smallest absolute Gasteiger partial charge is 0.220 e. The minimum Gasteiger partial charge on any atom is -0.493 e. The van der Waals surface area contributed by atoms with Gasteiger partial charge in [0.05, 0.1) is 12.6 Å². The molecule has 1 aliphatic heterocycles. The zero-order valence-corrected chi connectivity index (χ0v) is 12.6. The Morgan fingerprint density at radius 1 is 1.14 bits per heavy atom. The summed E-state index contributed by atoms with van der Waals surface area (Å²) in [7, 11) is 0. The first-order chi connectivity index (χ1) is 10.3. The Morgan fingerprint density at radius 3 is 2.81 bits per heavy atom. The normalized spacial score (nSPS) is 22.2. The predicted molar refractivity (Wildman–Crippen MR) is 83.2 cm³/mol. The van der Waals surface area contributed by atoms with E-state index in [-0.39, 0.29) is 11.9 Å². The third-order valence-electron chi connectivity index (χ3n) is 4.80. The van der Waals surface area contributed by atoms with Crippen LogP contribution < -0.4 is 10.1 Å². The molecular formula is C18H25NO2. The van der Waals surface area contributed by atoms with E-state index in [1.54, 1.807) is 0 Å². The monoisotopic (exact) mass is 287 g/mol. The fourth-order valence-corrected chi connectivity index (χ4v) is 3.57. The van der Waals surface area contributed by atoms with E-state index in [1.165, 1.54) is 32.1 Å². The topological polar surface area (TPSA) is 38.3 Å². The number of hydrogen-bond donors (Lipinski definition) is 1. The second-order valence-corrected chi connectivity index (χ2v) is 6.34. The Morgan fingerprint density at radius 2 is 1.95 bits per heavy atom. The van der Waals surface area contributed by atoms with Crippen molar-refractivity contribution >= 4 is 5.91 Å². The molecule has 0 saturated heterocycles. The van der Waals surface area contributed by atoms with Crippen LogP contribution in [0, 0.1) is 5.92 Å².